The summed E-state index contributed by atoms with van der Waals surface area (Å²) in [4.78, 5) is 6.34. The third-order valence-corrected chi connectivity index (χ3v) is 5.91. The van der Waals surface area contributed by atoms with E-state index in [1.165, 1.54) is 12.1 Å². The van der Waals surface area contributed by atoms with Crippen molar-refractivity contribution < 1.29 is 28.4 Å². The van der Waals surface area contributed by atoms with Gasteiger partial charge in [0.1, 0.15) is 36.2 Å². The molecule has 1 saturated heterocycles. The molecule has 1 N–H and O–H groups in total. The van der Waals surface area contributed by atoms with Crippen molar-refractivity contribution in [3.63, 3.8) is 0 Å². The third-order valence-electron chi connectivity index (χ3n) is 5.91. The Labute approximate surface area is 204 Å². The van der Waals surface area contributed by atoms with Gasteiger partial charge >= 0.3 is 0 Å². The van der Waals surface area contributed by atoms with Gasteiger partial charge in [0.25, 0.3) is 0 Å². The van der Waals surface area contributed by atoms with E-state index < -0.39 is 5.60 Å². The van der Waals surface area contributed by atoms with E-state index in [1.807, 2.05) is 35.9 Å². The van der Waals surface area contributed by atoms with Gasteiger partial charge in [0.2, 0.25) is 0 Å². The van der Waals surface area contributed by atoms with Gasteiger partial charge < -0.3 is 28.6 Å². The fourth-order valence-electron chi connectivity index (χ4n) is 4.05. The minimum atomic E-state index is -1.19. The summed E-state index contributed by atoms with van der Waals surface area (Å²) in [5.41, 5.74) is -0.160. The van der Waals surface area contributed by atoms with Crippen LogP contribution in [0.15, 0.2) is 54.9 Å². The molecule has 0 spiro atoms. The van der Waals surface area contributed by atoms with E-state index in [4.69, 9.17) is 18.9 Å². The van der Waals surface area contributed by atoms with E-state index >= 15 is 0 Å². The Morgan fingerprint density at radius 3 is 2.71 bits per heavy atom. The highest BCUT2D eigenvalue weighted by Crippen LogP contribution is 2.29. The standard InChI is InChI=1S/C26H32FN3O5/c1-20-28-9-10-30(20)12-14-34-24-8-3-21(15-25(24)32-2)16-29-11-13-33-18-26(31,17-29)19-35-23-6-4-22(27)5-7-23/h3-10,15,31H,11-14,16-19H2,1-2H3. The van der Waals surface area contributed by atoms with Crippen LogP contribution < -0.4 is 14.2 Å². The fraction of sp³-hybridized carbons (Fsp3) is 0.423. The third kappa shape index (κ3) is 6.94. The molecule has 8 nitrogen and oxygen atoms in total. The molecule has 3 aromatic rings. The summed E-state index contributed by atoms with van der Waals surface area (Å²) in [5, 5.41) is 11.1. The van der Waals surface area contributed by atoms with Gasteiger partial charge in [0.05, 0.1) is 26.9 Å². The zero-order valence-corrected chi connectivity index (χ0v) is 20.2. The number of aromatic nitrogens is 2. The average molecular weight is 486 g/mol. The van der Waals surface area contributed by atoms with Crippen molar-refractivity contribution in [2.45, 2.75) is 25.6 Å². The highest BCUT2D eigenvalue weighted by atomic mass is 19.1. The van der Waals surface area contributed by atoms with Crippen molar-refractivity contribution in [3.05, 3.63) is 72.1 Å². The van der Waals surface area contributed by atoms with Crippen LogP contribution in [0.3, 0.4) is 0 Å². The lowest BCUT2D eigenvalue weighted by atomic mass is 10.1. The number of aryl methyl sites for hydroxylation is 1. The second kappa shape index (κ2) is 11.5. The number of ether oxygens (including phenoxy) is 4. The first-order valence-corrected chi connectivity index (χ1v) is 11.6. The zero-order valence-electron chi connectivity index (χ0n) is 20.2. The zero-order chi connectivity index (χ0) is 24.7. The molecule has 0 aliphatic carbocycles. The van der Waals surface area contributed by atoms with Crippen LogP contribution in [0, 0.1) is 12.7 Å². The number of imidazole rings is 1. The summed E-state index contributed by atoms with van der Waals surface area (Å²) in [6.45, 7) is 5.51. The Hall–Kier alpha value is -3.14. The van der Waals surface area contributed by atoms with E-state index in [2.05, 4.69) is 9.88 Å². The van der Waals surface area contributed by atoms with Gasteiger partial charge in [-0.15, -0.1) is 0 Å². The van der Waals surface area contributed by atoms with Crippen molar-refractivity contribution in [1.82, 2.24) is 14.5 Å². The summed E-state index contributed by atoms with van der Waals surface area (Å²) in [5.74, 6) is 2.45. The smallest absolute Gasteiger partial charge is 0.161 e. The van der Waals surface area contributed by atoms with Gasteiger partial charge in [-0.2, -0.15) is 0 Å². The second-order valence-electron chi connectivity index (χ2n) is 8.73. The Balaban J connectivity index is 1.35. The molecule has 1 aliphatic heterocycles. The summed E-state index contributed by atoms with van der Waals surface area (Å²) >= 11 is 0. The number of halogens is 1. The molecule has 35 heavy (non-hydrogen) atoms. The van der Waals surface area contributed by atoms with Crippen LogP contribution in [-0.2, 0) is 17.8 Å². The summed E-state index contributed by atoms with van der Waals surface area (Å²) < 4.78 is 38.0. The van der Waals surface area contributed by atoms with Crippen molar-refractivity contribution in [1.29, 1.82) is 0 Å². The van der Waals surface area contributed by atoms with Gasteiger partial charge in [0.15, 0.2) is 11.5 Å². The quantitative estimate of drug-likeness (QED) is 0.473. The monoisotopic (exact) mass is 485 g/mol. The van der Waals surface area contributed by atoms with E-state index in [0.717, 1.165) is 11.4 Å². The largest absolute Gasteiger partial charge is 0.493 e. The van der Waals surface area contributed by atoms with Gasteiger partial charge in [-0.25, -0.2) is 9.37 Å². The van der Waals surface area contributed by atoms with E-state index in [-0.39, 0.29) is 19.0 Å². The number of aliphatic hydroxyl groups is 1. The number of β-amino-alcohol motifs (C(OH)–C–C–N with tert-alkyl or cyclic N) is 1. The fourth-order valence-corrected chi connectivity index (χ4v) is 4.05. The van der Waals surface area contributed by atoms with E-state index in [0.29, 0.717) is 56.6 Å². The molecule has 0 radical (unpaired) electrons. The number of methoxy groups -OCH3 is 1. The van der Waals surface area contributed by atoms with Crippen LogP contribution in [0.1, 0.15) is 11.4 Å². The molecule has 188 valence electrons. The topological polar surface area (TPSA) is 78.2 Å². The Kier molecular flexibility index (Phi) is 8.22. The molecule has 0 saturated carbocycles. The minimum Gasteiger partial charge on any atom is -0.493 e. The number of benzene rings is 2. The number of hydrogen-bond acceptors (Lipinski definition) is 7. The lowest BCUT2D eigenvalue weighted by Gasteiger charge is -2.30. The molecule has 0 bridgehead atoms. The number of hydrogen-bond donors (Lipinski definition) is 1. The Morgan fingerprint density at radius 1 is 1.14 bits per heavy atom. The van der Waals surface area contributed by atoms with Crippen LogP contribution in [0.25, 0.3) is 0 Å². The predicted octanol–water partition coefficient (Wildman–Crippen LogP) is 3.06. The molecule has 9 heteroatoms. The Morgan fingerprint density at radius 2 is 1.97 bits per heavy atom. The summed E-state index contributed by atoms with van der Waals surface area (Å²) in [7, 11) is 1.62. The number of rotatable bonds is 10. The molecule has 0 amide bonds. The van der Waals surface area contributed by atoms with Crippen molar-refractivity contribution in [2.24, 2.45) is 0 Å². The maximum absolute atomic E-state index is 13.1. The Bertz CT molecular complexity index is 1090. The van der Waals surface area contributed by atoms with Crippen molar-refractivity contribution in [3.8, 4) is 17.2 Å². The first kappa shape index (κ1) is 25.0. The molecular formula is C26H32FN3O5. The van der Waals surface area contributed by atoms with E-state index in [9.17, 15) is 9.50 Å². The average Bonchev–Trinajstić information content (AvgIpc) is 3.17. The highest BCUT2D eigenvalue weighted by Gasteiger charge is 2.33. The SMILES string of the molecule is COc1cc(CN2CCOCC(O)(COc3ccc(F)cc3)C2)ccc1OCCn1ccnc1C. The van der Waals surface area contributed by atoms with Gasteiger partial charge in [-0.1, -0.05) is 6.07 Å². The molecule has 1 atom stereocenters. The van der Waals surface area contributed by atoms with Crippen LogP contribution in [0.5, 0.6) is 17.2 Å². The van der Waals surface area contributed by atoms with Crippen molar-refractivity contribution >= 4 is 0 Å². The lowest BCUT2D eigenvalue weighted by molar-refractivity contribution is -0.0646. The summed E-state index contributed by atoms with van der Waals surface area (Å²) in [6.07, 6.45) is 3.70. The summed E-state index contributed by atoms with van der Waals surface area (Å²) in [6, 6.07) is 11.6. The predicted molar refractivity (Wildman–Crippen MR) is 128 cm³/mol. The molecule has 1 unspecified atom stereocenters. The molecule has 2 heterocycles. The maximum atomic E-state index is 13.1. The van der Waals surface area contributed by atoms with Crippen LogP contribution in [0.2, 0.25) is 0 Å². The second-order valence-corrected chi connectivity index (χ2v) is 8.73. The molecule has 1 aliphatic rings. The molecular weight excluding hydrogens is 453 g/mol. The van der Waals surface area contributed by atoms with Gasteiger partial charge in [0, 0.05) is 32.0 Å². The van der Waals surface area contributed by atoms with Gasteiger partial charge in [-0.3, -0.25) is 4.90 Å². The first-order valence-electron chi connectivity index (χ1n) is 11.6. The van der Waals surface area contributed by atoms with Crippen LogP contribution in [0.4, 0.5) is 4.39 Å². The maximum Gasteiger partial charge on any atom is 0.161 e. The molecule has 2 aromatic carbocycles. The molecule has 4 rings (SSSR count). The van der Waals surface area contributed by atoms with Crippen LogP contribution >= 0.6 is 0 Å². The lowest BCUT2D eigenvalue weighted by Crippen LogP contribution is -2.48. The van der Waals surface area contributed by atoms with E-state index in [1.54, 1.807) is 25.4 Å². The van der Waals surface area contributed by atoms with Gasteiger partial charge in [-0.05, 0) is 48.9 Å². The molecule has 1 fully saturated rings. The highest BCUT2D eigenvalue weighted by molar-refractivity contribution is 5.43. The normalized spacial score (nSPS) is 18.7. The van der Waals surface area contributed by atoms with Crippen molar-refractivity contribution in [2.75, 3.05) is 46.6 Å². The minimum absolute atomic E-state index is 0.0433. The van der Waals surface area contributed by atoms with Crippen LogP contribution in [-0.4, -0.2) is 71.8 Å². The molecule has 1 aromatic heterocycles. The number of nitrogens with zero attached hydrogens (tertiary/aromatic N) is 3. The first-order chi connectivity index (χ1) is 16.9.